The first-order chi connectivity index (χ1) is 15.6. The first-order valence-electron chi connectivity index (χ1n) is 9.98. The van der Waals surface area contributed by atoms with Gasteiger partial charge in [0.05, 0.1) is 64.5 Å². The number of nitrogens with one attached hydrogen (secondary N) is 2. The van der Waals surface area contributed by atoms with E-state index in [1.807, 2.05) is 12.1 Å². The summed E-state index contributed by atoms with van der Waals surface area (Å²) in [7, 11) is 9.67. The monoisotopic (exact) mass is 436 g/mol. The Morgan fingerprint density at radius 3 is 1.12 bits per heavy atom. The molecule has 0 saturated carbocycles. The van der Waals surface area contributed by atoms with Crippen molar-refractivity contribution in [1.82, 2.24) is 9.97 Å². The van der Waals surface area contributed by atoms with Crippen molar-refractivity contribution in [3.63, 3.8) is 0 Å². The third-order valence-electron chi connectivity index (χ3n) is 5.90. The van der Waals surface area contributed by atoms with Crippen molar-refractivity contribution in [2.24, 2.45) is 0 Å². The molecule has 0 amide bonds. The van der Waals surface area contributed by atoms with Crippen molar-refractivity contribution in [2.75, 3.05) is 42.7 Å². The van der Waals surface area contributed by atoms with Gasteiger partial charge in [0.15, 0.2) is 23.0 Å². The van der Waals surface area contributed by atoms with E-state index in [-0.39, 0.29) is 0 Å². The van der Waals surface area contributed by atoms with E-state index in [9.17, 15) is 0 Å². The number of benzene rings is 3. The molecule has 0 unspecified atom stereocenters. The van der Waals surface area contributed by atoms with E-state index < -0.39 is 0 Å². The van der Waals surface area contributed by atoms with Gasteiger partial charge in [-0.1, -0.05) is 0 Å². The molecule has 0 spiro atoms. The minimum atomic E-state index is 0.552. The van der Waals surface area contributed by atoms with Crippen LogP contribution in [0.5, 0.6) is 34.5 Å². The summed E-state index contributed by atoms with van der Waals surface area (Å²) >= 11 is 0. The summed E-state index contributed by atoms with van der Waals surface area (Å²) in [5, 5.41) is 3.83. The summed E-state index contributed by atoms with van der Waals surface area (Å²) in [6.45, 7) is 0. The second-order valence-corrected chi connectivity index (χ2v) is 7.33. The largest absolute Gasteiger partial charge is 0.493 e. The van der Waals surface area contributed by atoms with Gasteiger partial charge >= 0.3 is 0 Å². The molecule has 166 valence electrons. The van der Waals surface area contributed by atoms with Crippen LogP contribution >= 0.6 is 0 Å². The number of hydrogen-bond acceptors (Lipinski definition) is 6. The van der Waals surface area contributed by atoms with Gasteiger partial charge < -0.3 is 38.4 Å². The highest BCUT2D eigenvalue weighted by Gasteiger charge is 2.23. The van der Waals surface area contributed by atoms with Crippen molar-refractivity contribution >= 4 is 43.6 Å². The van der Waals surface area contributed by atoms with Crippen LogP contribution in [-0.4, -0.2) is 52.6 Å². The molecule has 0 fully saturated rings. The number of aromatic nitrogens is 2. The van der Waals surface area contributed by atoms with Gasteiger partial charge in [-0.05, 0) is 12.1 Å². The summed E-state index contributed by atoms with van der Waals surface area (Å²) in [5.74, 6) is 3.53. The van der Waals surface area contributed by atoms with Crippen molar-refractivity contribution in [1.29, 1.82) is 0 Å². The Morgan fingerprint density at radius 2 is 0.812 bits per heavy atom. The summed E-state index contributed by atoms with van der Waals surface area (Å²) < 4.78 is 33.7. The van der Waals surface area contributed by atoms with Crippen molar-refractivity contribution in [3.8, 4) is 34.5 Å². The Morgan fingerprint density at radius 1 is 0.438 bits per heavy atom. The van der Waals surface area contributed by atoms with Crippen LogP contribution in [0.4, 0.5) is 0 Å². The van der Waals surface area contributed by atoms with Crippen molar-refractivity contribution < 1.29 is 28.4 Å². The molecule has 0 aliphatic rings. The average molecular weight is 436 g/mol. The molecule has 8 nitrogen and oxygen atoms in total. The molecule has 2 heterocycles. The van der Waals surface area contributed by atoms with Gasteiger partial charge in [-0.25, -0.2) is 0 Å². The Bertz CT molecular complexity index is 1380. The van der Waals surface area contributed by atoms with Crippen LogP contribution in [0.15, 0.2) is 24.3 Å². The van der Waals surface area contributed by atoms with Crippen molar-refractivity contribution in [2.45, 2.75) is 0 Å². The van der Waals surface area contributed by atoms with Crippen LogP contribution in [0.1, 0.15) is 0 Å². The number of fused-ring (bicyclic) bond motifs is 6. The van der Waals surface area contributed by atoms with E-state index in [0.29, 0.717) is 34.5 Å². The molecule has 0 radical (unpaired) electrons. The van der Waals surface area contributed by atoms with Crippen LogP contribution in [0, 0.1) is 0 Å². The predicted octanol–water partition coefficient (Wildman–Crippen LogP) is 5.01. The standard InChI is InChI=1S/C24H24N2O6/c1-27-17-9-15-19(23(31-5)21(17)29-3)11-7-14-12(8-13(11)25-15)20-16(26-14)10-18(28-2)22(30-4)24(20)32-6/h7-10,25-26H,1-6H3. The Kier molecular flexibility index (Phi) is 4.58. The van der Waals surface area contributed by atoms with Gasteiger partial charge in [-0.3, -0.25) is 0 Å². The summed E-state index contributed by atoms with van der Waals surface area (Å²) in [5.41, 5.74) is 3.66. The van der Waals surface area contributed by atoms with Gasteiger partial charge in [-0.15, -0.1) is 0 Å². The third-order valence-corrected chi connectivity index (χ3v) is 5.90. The molecule has 0 aliphatic heterocycles. The number of H-pyrrole nitrogens is 2. The lowest BCUT2D eigenvalue weighted by molar-refractivity contribution is 0.327. The van der Waals surface area contributed by atoms with E-state index in [0.717, 1.165) is 43.6 Å². The number of ether oxygens (including phenoxy) is 6. The summed E-state index contributed by atoms with van der Waals surface area (Å²) in [6.07, 6.45) is 0. The van der Waals surface area contributed by atoms with Crippen LogP contribution in [-0.2, 0) is 0 Å². The average Bonchev–Trinajstić information content (AvgIpc) is 3.36. The first kappa shape index (κ1) is 20.0. The molecule has 8 heteroatoms. The highest BCUT2D eigenvalue weighted by molar-refractivity contribution is 6.20. The Hall–Kier alpha value is -3.94. The first-order valence-corrected chi connectivity index (χ1v) is 9.98. The minimum Gasteiger partial charge on any atom is -0.493 e. The second-order valence-electron chi connectivity index (χ2n) is 7.33. The Balaban J connectivity index is 1.92. The number of rotatable bonds is 6. The number of aromatic amines is 2. The number of methoxy groups -OCH3 is 6. The molecular formula is C24H24N2O6. The van der Waals surface area contributed by atoms with Gasteiger partial charge in [0, 0.05) is 33.9 Å². The van der Waals surface area contributed by atoms with Gasteiger partial charge in [0.1, 0.15) is 0 Å². The smallest absolute Gasteiger partial charge is 0.204 e. The number of hydrogen-bond donors (Lipinski definition) is 2. The lowest BCUT2D eigenvalue weighted by atomic mass is 10.1. The molecule has 2 N–H and O–H groups in total. The normalized spacial score (nSPS) is 11.4. The molecule has 0 saturated heterocycles. The van der Waals surface area contributed by atoms with E-state index in [1.165, 1.54) is 0 Å². The molecule has 0 aliphatic carbocycles. The van der Waals surface area contributed by atoms with Crippen LogP contribution in [0.2, 0.25) is 0 Å². The highest BCUT2D eigenvalue weighted by atomic mass is 16.5. The maximum absolute atomic E-state index is 5.74. The second kappa shape index (κ2) is 7.33. The minimum absolute atomic E-state index is 0.552. The summed E-state index contributed by atoms with van der Waals surface area (Å²) in [6, 6.07) is 8.02. The fourth-order valence-electron chi connectivity index (χ4n) is 4.55. The molecule has 5 rings (SSSR count). The highest BCUT2D eigenvalue weighted by Crippen LogP contribution is 2.49. The van der Waals surface area contributed by atoms with Gasteiger partial charge in [0.25, 0.3) is 0 Å². The van der Waals surface area contributed by atoms with E-state index in [4.69, 9.17) is 28.4 Å². The molecule has 3 aromatic carbocycles. The maximum Gasteiger partial charge on any atom is 0.204 e. The zero-order valence-corrected chi connectivity index (χ0v) is 18.8. The predicted molar refractivity (Wildman–Crippen MR) is 124 cm³/mol. The lowest BCUT2D eigenvalue weighted by Gasteiger charge is -2.13. The third kappa shape index (κ3) is 2.55. The van der Waals surface area contributed by atoms with Crippen molar-refractivity contribution in [3.05, 3.63) is 24.3 Å². The molecule has 0 bridgehead atoms. The van der Waals surface area contributed by atoms with Crippen LogP contribution < -0.4 is 28.4 Å². The quantitative estimate of drug-likeness (QED) is 0.389. The van der Waals surface area contributed by atoms with Crippen LogP contribution in [0.3, 0.4) is 0 Å². The van der Waals surface area contributed by atoms with E-state index >= 15 is 0 Å². The fraction of sp³-hybridized carbons (Fsp3) is 0.250. The van der Waals surface area contributed by atoms with Gasteiger partial charge in [0.2, 0.25) is 11.5 Å². The molecule has 32 heavy (non-hydrogen) atoms. The zero-order chi connectivity index (χ0) is 22.6. The van der Waals surface area contributed by atoms with E-state index in [2.05, 4.69) is 22.1 Å². The topological polar surface area (TPSA) is 87.0 Å². The van der Waals surface area contributed by atoms with E-state index in [1.54, 1.807) is 42.7 Å². The molecule has 0 atom stereocenters. The SMILES string of the molecule is COc1cc2[nH]c3cc4c(cc3c2c(OC)c1OC)[nH]c1cc(OC)c(OC)c(OC)c14. The maximum atomic E-state index is 5.74. The molecule has 5 aromatic rings. The van der Waals surface area contributed by atoms with Gasteiger partial charge in [-0.2, -0.15) is 0 Å². The molecular weight excluding hydrogens is 412 g/mol. The zero-order valence-electron chi connectivity index (χ0n) is 18.8. The summed E-state index contributed by atoms with van der Waals surface area (Å²) in [4.78, 5) is 6.98. The fourth-order valence-corrected chi connectivity index (χ4v) is 4.55. The molecule has 2 aromatic heterocycles. The lowest BCUT2D eigenvalue weighted by Crippen LogP contribution is -1.95. The van der Waals surface area contributed by atoms with Crippen LogP contribution in [0.25, 0.3) is 43.6 Å². The Labute approximate surface area is 183 Å².